The standard InChI is InChI=1S/C11H15O/c1-10-5-4-7-11(9-10)6-2-3-8-12/h3-5,7,9,12H,2,6,8H2,1H3. The number of aliphatic hydroxyl groups excluding tert-OH is 1. The SMILES string of the molecule is Cc1cccc(CC[CH]CO)c1. The summed E-state index contributed by atoms with van der Waals surface area (Å²) in [6.45, 7) is 2.28. The number of hydrogen-bond acceptors (Lipinski definition) is 1. The first-order chi connectivity index (χ1) is 5.83. The van der Waals surface area contributed by atoms with Gasteiger partial charge in [-0.3, -0.25) is 0 Å². The molecule has 0 bridgehead atoms. The van der Waals surface area contributed by atoms with Crippen molar-refractivity contribution in [2.24, 2.45) is 0 Å². The maximum absolute atomic E-state index is 8.54. The summed E-state index contributed by atoms with van der Waals surface area (Å²) in [7, 11) is 0. The first-order valence-electron chi connectivity index (χ1n) is 4.31. The van der Waals surface area contributed by atoms with E-state index in [1.54, 1.807) is 0 Å². The van der Waals surface area contributed by atoms with Crippen molar-refractivity contribution in [3.05, 3.63) is 41.8 Å². The normalized spacial score (nSPS) is 10.2. The molecular formula is C11H15O. The van der Waals surface area contributed by atoms with Gasteiger partial charge < -0.3 is 5.11 Å². The van der Waals surface area contributed by atoms with Crippen LogP contribution < -0.4 is 0 Å². The molecule has 0 amide bonds. The van der Waals surface area contributed by atoms with Gasteiger partial charge in [0.15, 0.2) is 0 Å². The van der Waals surface area contributed by atoms with Crippen LogP contribution in [0.5, 0.6) is 0 Å². The molecule has 0 spiro atoms. The second-order valence-electron chi connectivity index (χ2n) is 3.00. The third-order valence-electron chi connectivity index (χ3n) is 1.85. The molecule has 0 saturated carbocycles. The maximum Gasteiger partial charge on any atom is 0.0462 e. The molecule has 1 radical (unpaired) electrons. The van der Waals surface area contributed by atoms with E-state index in [4.69, 9.17) is 5.11 Å². The van der Waals surface area contributed by atoms with Crippen molar-refractivity contribution in [3.63, 3.8) is 0 Å². The van der Waals surface area contributed by atoms with E-state index in [-0.39, 0.29) is 6.61 Å². The summed E-state index contributed by atoms with van der Waals surface area (Å²) in [6, 6.07) is 8.48. The number of unbranched alkanes of at least 4 members (excludes halogenated alkanes) is 1. The topological polar surface area (TPSA) is 20.2 Å². The Balaban J connectivity index is 2.41. The van der Waals surface area contributed by atoms with Crippen LogP contribution in [0.2, 0.25) is 0 Å². The van der Waals surface area contributed by atoms with E-state index in [1.165, 1.54) is 11.1 Å². The minimum atomic E-state index is 0.186. The van der Waals surface area contributed by atoms with Gasteiger partial charge in [-0.2, -0.15) is 0 Å². The molecule has 0 atom stereocenters. The average Bonchev–Trinajstić information content (AvgIpc) is 2.05. The van der Waals surface area contributed by atoms with Crippen molar-refractivity contribution in [3.8, 4) is 0 Å². The molecule has 1 nitrogen and oxygen atoms in total. The Bertz CT molecular complexity index is 230. The molecule has 0 fully saturated rings. The highest BCUT2D eigenvalue weighted by Crippen LogP contribution is 2.06. The highest BCUT2D eigenvalue weighted by molar-refractivity contribution is 5.22. The zero-order valence-corrected chi connectivity index (χ0v) is 7.46. The minimum Gasteiger partial charge on any atom is -0.396 e. The molecule has 0 aliphatic rings. The average molecular weight is 163 g/mol. The lowest BCUT2D eigenvalue weighted by Gasteiger charge is -2.00. The molecule has 1 aromatic rings. The van der Waals surface area contributed by atoms with Gasteiger partial charge in [0.2, 0.25) is 0 Å². The first-order valence-corrected chi connectivity index (χ1v) is 4.31. The van der Waals surface area contributed by atoms with E-state index in [0.717, 1.165) is 12.8 Å². The molecule has 0 saturated heterocycles. The molecule has 0 aliphatic carbocycles. The number of aliphatic hydroxyl groups is 1. The third-order valence-corrected chi connectivity index (χ3v) is 1.85. The Hall–Kier alpha value is -0.820. The van der Waals surface area contributed by atoms with Crippen molar-refractivity contribution in [2.45, 2.75) is 19.8 Å². The fourth-order valence-electron chi connectivity index (χ4n) is 1.23. The second kappa shape index (κ2) is 4.94. The zero-order chi connectivity index (χ0) is 8.81. The lowest BCUT2D eigenvalue weighted by molar-refractivity contribution is 0.323. The smallest absolute Gasteiger partial charge is 0.0462 e. The highest BCUT2D eigenvalue weighted by atomic mass is 16.2. The van der Waals surface area contributed by atoms with Gasteiger partial charge >= 0.3 is 0 Å². The van der Waals surface area contributed by atoms with E-state index in [2.05, 4.69) is 31.2 Å². The summed E-state index contributed by atoms with van der Waals surface area (Å²) < 4.78 is 0. The van der Waals surface area contributed by atoms with E-state index in [0.29, 0.717) is 0 Å². The Kier molecular flexibility index (Phi) is 3.81. The van der Waals surface area contributed by atoms with E-state index in [1.807, 2.05) is 6.42 Å². The molecule has 1 aromatic carbocycles. The lowest BCUT2D eigenvalue weighted by atomic mass is 10.1. The number of aryl methyl sites for hydroxylation is 2. The summed E-state index contributed by atoms with van der Waals surface area (Å²) in [5.41, 5.74) is 2.65. The summed E-state index contributed by atoms with van der Waals surface area (Å²) >= 11 is 0. The van der Waals surface area contributed by atoms with Crippen molar-refractivity contribution in [1.82, 2.24) is 0 Å². The largest absolute Gasteiger partial charge is 0.396 e. The van der Waals surface area contributed by atoms with Crippen LogP contribution in [-0.4, -0.2) is 11.7 Å². The van der Waals surface area contributed by atoms with Gasteiger partial charge in [0.25, 0.3) is 0 Å². The molecule has 1 N–H and O–H groups in total. The van der Waals surface area contributed by atoms with Crippen molar-refractivity contribution < 1.29 is 5.11 Å². The summed E-state index contributed by atoms with van der Waals surface area (Å²) in [5, 5.41) is 8.54. The van der Waals surface area contributed by atoms with Gasteiger partial charge in [-0.05, 0) is 31.7 Å². The monoisotopic (exact) mass is 163 g/mol. The van der Waals surface area contributed by atoms with Crippen LogP contribution in [0.4, 0.5) is 0 Å². The number of benzene rings is 1. The number of rotatable bonds is 4. The van der Waals surface area contributed by atoms with Crippen molar-refractivity contribution >= 4 is 0 Å². The van der Waals surface area contributed by atoms with Crippen LogP contribution in [0.25, 0.3) is 0 Å². The van der Waals surface area contributed by atoms with Crippen LogP contribution in [0.15, 0.2) is 24.3 Å². The Morgan fingerprint density at radius 1 is 1.42 bits per heavy atom. The lowest BCUT2D eigenvalue weighted by Crippen LogP contribution is -1.89. The van der Waals surface area contributed by atoms with Crippen LogP contribution in [0.1, 0.15) is 17.5 Å². The van der Waals surface area contributed by atoms with Crippen molar-refractivity contribution in [2.75, 3.05) is 6.61 Å². The Morgan fingerprint density at radius 2 is 2.25 bits per heavy atom. The number of hydrogen-bond donors (Lipinski definition) is 1. The predicted molar refractivity (Wildman–Crippen MR) is 50.9 cm³/mol. The summed E-state index contributed by atoms with van der Waals surface area (Å²) in [6.07, 6.45) is 3.88. The molecule has 0 heterocycles. The van der Waals surface area contributed by atoms with Gasteiger partial charge in [0, 0.05) is 6.61 Å². The quantitative estimate of drug-likeness (QED) is 0.674. The summed E-state index contributed by atoms with van der Waals surface area (Å²) in [5.74, 6) is 0. The fraction of sp³-hybridized carbons (Fsp3) is 0.364. The molecule has 0 aromatic heterocycles. The molecule has 0 aliphatic heterocycles. The van der Waals surface area contributed by atoms with Crippen LogP contribution >= 0.6 is 0 Å². The van der Waals surface area contributed by atoms with Crippen LogP contribution in [0, 0.1) is 13.3 Å². The second-order valence-corrected chi connectivity index (χ2v) is 3.00. The first kappa shape index (κ1) is 9.27. The van der Waals surface area contributed by atoms with Gasteiger partial charge in [-0.25, -0.2) is 0 Å². The predicted octanol–water partition coefficient (Wildman–Crippen LogP) is 2.12. The molecule has 1 heteroatoms. The van der Waals surface area contributed by atoms with E-state index < -0.39 is 0 Å². The molecule has 65 valence electrons. The fourth-order valence-corrected chi connectivity index (χ4v) is 1.23. The Morgan fingerprint density at radius 3 is 2.92 bits per heavy atom. The Labute approximate surface area is 74.1 Å². The molecule has 1 rings (SSSR count). The zero-order valence-electron chi connectivity index (χ0n) is 7.46. The van der Waals surface area contributed by atoms with Crippen LogP contribution in [-0.2, 0) is 6.42 Å². The van der Waals surface area contributed by atoms with Crippen LogP contribution in [0.3, 0.4) is 0 Å². The molecular weight excluding hydrogens is 148 g/mol. The van der Waals surface area contributed by atoms with Crippen molar-refractivity contribution in [1.29, 1.82) is 0 Å². The van der Waals surface area contributed by atoms with Gasteiger partial charge in [-0.15, -0.1) is 0 Å². The van der Waals surface area contributed by atoms with E-state index >= 15 is 0 Å². The van der Waals surface area contributed by atoms with Gasteiger partial charge in [0.1, 0.15) is 0 Å². The molecule has 0 unspecified atom stereocenters. The minimum absolute atomic E-state index is 0.186. The highest BCUT2D eigenvalue weighted by Gasteiger charge is 1.92. The van der Waals surface area contributed by atoms with Gasteiger partial charge in [-0.1, -0.05) is 29.8 Å². The van der Waals surface area contributed by atoms with Gasteiger partial charge in [0.05, 0.1) is 0 Å². The molecule has 12 heavy (non-hydrogen) atoms. The third kappa shape index (κ3) is 3.05. The maximum atomic E-state index is 8.54. The summed E-state index contributed by atoms with van der Waals surface area (Å²) in [4.78, 5) is 0. The van der Waals surface area contributed by atoms with E-state index in [9.17, 15) is 0 Å².